The number of hydrogen-bond acceptors (Lipinski definition) is 2. The molecule has 2 aromatic carbocycles. The summed E-state index contributed by atoms with van der Waals surface area (Å²) >= 11 is 3.35. The van der Waals surface area contributed by atoms with E-state index in [1.165, 1.54) is 6.07 Å². The monoisotopic (exact) mass is 319 g/mol. The van der Waals surface area contributed by atoms with E-state index in [0.29, 0.717) is 12.2 Å². The molecule has 0 fully saturated rings. The Kier molecular flexibility index (Phi) is 4.67. The van der Waals surface area contributed by atoms with Crippen molar-refractivity contribution in [2.45, 2.75) is 13.2 Å². The smallest absolute Gasteiger partial charge is 0.146 e. The molecule has 0 bridgehead atoms. The van der Waals surface area contributed by atoms with Crippen LogP contribution in [0, 0.1) is 17.1 Å². The van der Waals surface area contributed by atoms with Crippen LogP contribution in [0.5, 0.6) is 0 Å². The van der Waals surface area contributed by atoms with E-state index in [9.17, 15) is 4.39 Å². The van der Waals surface area contributed by atoms with Crippen LogP contribution >= 0.6 is 15.9 Å². The van der Waals surface area contributed by atoms with Gasteiger partial charge >= 0.3 is 0 Å². The van der Waals surface area contributed by atoms with Gasteiger partial charge in [0, 0.05) is 10.0 Å². The van der Waals surface area contributed by atoms with Crippen LogP contribution in [-0.2, 0) is 18.0 Å². The number of benzene rings is 2. The molecule has 0 unspecified atom stereocenters. The van der Waals surface area contributed by atoms with E-state index in [2.05, 4.69) is 15.9 Å². The fourth-order valence-corrected chi connectivity index (χ4v) is 1.90. The lowest BCUT2D eigenvalue weighted by Gasteiger charge is -2.06. The van der Waals surface area contributed by atoms with Gasteiger partial charge in [0.25, 0.3) is 0 Å². The normalized spacial score (nSPS) is 10.2. The highest BCUT2D eigenvalue weighted by molar-refractivity contribution is 9.10. The molecule has 0 saturated carbocycles. The molecule has 2 rings (SSSR count). The van der Waals surface area contributed by atoms with Crippen molar-refractivity contribution in [3.8, 4) is 6.07 Å². The Hall–Kier alpha value is -1.70. The molecule has 2 nitrogen and oxygen atoms in total. The maximum atomic E-state index is 13.7. The molecule has 0 amide bonds. The molecule has 0 aliphatic carbocycles. The van der Waals surface area contributed by atoms with Crippen molar-refractivity contribution in [2.24, 2.45) is 0 Å². The highest BCUT2D eigenvalue weighted by Crippen LogP contribution is 2.15. The van der Waals surface area contributed by atoms with Crippen molar-refractivity contribution in [3.63, 3.8) is 0 Å². The van der Waals surface area contributed by atoms with E-state index in [-0.39, 0.29) is 12.2 Å². The van der Waals surface area contributed by atoms with Gasteiger partial charge in [0.15, 0.2) is 0 Å². The van der Waals surface area contributed by atoms with Gasteiger partial charge in [0.1, 0.15) is 11.9 Å². The lowest BCUT2D eigenvalue weighted by molar-refractivity contribution is 0.105. The van der Waals surface area contributed by atoms with Crippen molar-refractivity contribution < 1.29 is 9.13 Å². The summed E-state index contributed by atoms with van der Waals surface area (Å²) in [4.78, 5) is 0. The molecule has 0 radical (unpaired) electrons. The van der Waals surface area contributed by atoms with Crippen LogP contribution in [0.1, 0.15) is 16.7 Å². The third-order valence-corrected chi connectivity index (χ3v) is 3.17. The van der Waals surface area contributed by atoms with Crippen LogP contribution in [0.2, 0.25) is 0 Å². The van der Waals surface area contributed by atoms with E-state index >= 15 is 0 Å². The Morgan fingerprint density at radius 3 is 2.53 bits per heavy atom. The Morgan fingerprint density at radius 1 is 1.11 bits per heavy atom. The molecule has 0 spiro atoms. The van der Waals surface area contributed by atoms with Gasteiger partial charge in [0.2, 0.25) is 0 Å². The molecular weight excluding hydrogens is 309 g/mol. The first-order chi connectivity index (χ1) is 9.20. The number of ether oxygens (including phenoxy) is 1. The zero-order chi connectivity index (χ0) is 13.7. The van der Waals surface area contributed by atoms with E-state index in [1.807, 2.05) is 30.3 Å². The van der Waals surface area contributed by atoms with Gasteiger partial charge < -0.3 is 4.74 Å². The van der Waals surface area contributed by atoms with Gasteiger partial charge in [-0.1, -0.05) is 40.2 Å². The molecule has 0 aliphatic heterocycles. The fraction of sp³-hybridized carbons (Fsp3) is 0.133. The average molecular weight is 320 g/mol. The summed E-state index contributed by atoms with van der Waals surface area (Å²) in [6.45, 7) is 0.556. The SMILES string of the molecule is N#Cc1cccc(COCc2ccc(Br)cc2)c1F. The first-order valence-corrected chi connectivity index (χ1v) is 6.49. The minimum absolute atomic E-state index is 0.0461. The Labute approximate surface area is 119 Å². The quantitative estimate of drug-likeness (QED) is 0.847. The van der Waals surface area contributed by atoms with Crippen LogP contribution in [0.3, 0.4) is 0 Å². The molecule has 0 aromatic heterocycles. The van der Waals surface area contributed by atoms with Crippen molar-refractivity contribution in [3.05, 3.63) is 69.4 Å². The second-order valence-electron chi connectivity index (χ2n) is 4.01. The molecule has 19 heavy (non-hydrogen) atoms. The van der Waals surface area contributed by atoms with Crippen molar-refractivity contribution >= 4 is 15.9 Å². The standard InChI is InChI=1S/C15H11BrFNO/c16-14-6-4-11(5-7-14)9-19-10-13-3-1-2-12(8-18)15(13)17/h1-7H,9-10H2. The third kappa shape index (κ3) is 3.63. The maximum absolute atomic E-state index is 13.7. The van der Waals surface area contributed by atoms with E-state index in [1.54, 1.807) is 12.1 Å². The largest absolute Gasteiger partial charge is 0.372 e. The molecule has 4 heteroatoms. The van der Waals surface area contributed by atoms with Crippen molar-refractivity contribution in [1.82, 2.24) is 0 Å². The molecule has 96 valence electrons. The summed E-state index contributed by atoms with van der Waals surface area (Å²) in [5.74, 6) is -0.499. The summed E-state index contributed by atoms with van der Waals surface area (Å²) in [5, 5.41) is 8.74. The van der Waals surface area contributed by atoms with Gasteiger partial charge in [-0.25, -0.2) is 4.39 Å². The van der Waals surface area contributed by atoms with Gasteiger partial charge in [-0.2, -0.15) is 5.26 Å². The summed E-state index contributed by atoms with van der Waals surface area (Å²) in [6.07, 6.45) is 0. The van der Waals surface area contributed by atoms with E-state index < -0.39 is 5.82 Å². The zero-order valence-electron chi connectivity index (χ0n) is 10.1. The third-order valence-electron chi connectivity index (χ3n) is 2.64. The second kappa shape index (κ2) is 6.46. The van der Waals surface area contributed by atoms with Crippen LogP contribution in [0.15, 0.2) is 46.9 Å². The van der Waals surface area contributed by atoms with Crippen LogP contribution < -0.4 is 0 Å². The van der Waals surface area contributed by atoms with E-state index in [0.717, 1.165) is 10.0 Å². The molecule has 0 aliphatic rings. The number of halogens is 2. The number of hydrogen-bond donors (Lipinski definition) is 0. The Morgan fingerprint density at radius 2 is 1.84 bits per heavy atom. The number of nitriles is 1. The lowest BCUT2D eigenvalue weighted by atomic mass is 10.1. The first kappa shape index (κ1) is 13.7. The average Bonchev–Trinajstić information content (AvgIpc) is 2.43. The summed E-state index contributed by atoms with van der Waals surface area (Å²) in [6, 6.07) is 14.3. The summed E-state index contributed by atoms with van der Waals surface area (Å²) in [7, 11) is 0. The molecule has 0 saturated heterocycles. The topological polar surface area (TPSA) is 33.0 Å². The Bertz CT molecular complexity index is 605. The summed E-state index contributed by atoms with van der Waals surface area (Å²) in [5.41, 5.74) is 1.46. The van der Waals surface area contributed by atoms with Gasteiger partial charge in [-0.15, -0.1) is 0 Å². The maximum Gasteiger partial charge on any atom is 0.146 e. The molecule has 0 heterocycles. The molecular formula is C15H11BrFNO. The van der Waals surface area contributed by atoms with Crippen LogP contribution in [-0.4, -0.2) is 0 Å². The molecule has 2 aromatic rings. The van der Waals surface area contributed by atoms with Crippen molar-refractivity contribution in [2.75, 3.05) is 0 Å². The van der Waals surface area contributed by atoms with Gasteiger partial charge in [-0.05, 0) is 23.8 Å². The summed E-state index contributed by atoms with van der Waals surface area (Å²) < 4.78 is 20.2. The first-order valence-electron chi connectivity index (χ1n) is 5.70. The molecule has 0 atom stereocenters. The predicted octanol–water partition coefficient (Wildman–Crippen LogP) is 4.18. The minimum atomic E-state index is -0.499. The minimum Gasteiger partial charge on any atom is -0.372 e. The van der Waals surface area contributed by atoms with Crippen molar-refractivity contribution in [1.29, 1.82) is 5.26 Å². The number of rotatable bonds is 4. The fourth-order valence-electron chi connectivity index (χ4n) is 1.64. The molecule has 0 N–H and O–H groups in total. The lowest BCUT2D eigenvalue weighted by Crippen LogP contribution is -1.98. The van der Waals surface area contributed by atoms with E-state index in [4.69, 9.17) is 10.00 Å². The second-order valence-corrected chi connectivity index (χ2v) is 4.93. The highest BCUT2D eigenvalue weighted by Gasteiger charge is 2.07. The highest BCUT2D eigenvalue weighted by atomic mass is 79.9. The van der Waals surface area contributed by atoms with Gasteiger partial charge in [-0.3, -0.25) is 0 Å². The van der Waals surface area contributed by atoms with Crippen LogP contribution in [0.25, 0.3) is 0 Å². The zero-order valence-corrected chi connectivity index (χ0v) is 11.7. The number of nitrogens with zero attached hydrogens (tertiary/aromatic N) is 1. The van der Waals surface area contributed by atoms with Crippen LogP contribution in [0.4, 0.5) is 4.39 Å². The van der Waals surface area contributed by atoms with Gasteiger partial charge in [0.05, 0.1) is 18.8 Å². The predicted molar refractivity (Wildman–Crippen MR) is 73.8 cm³/mol. The Balaban J connectivity index is 1.96.